The summed E-state index contributed by atoms with van der Waals surface area (Å²) in [5.41, 5.74) is 3.87. The van der Waals surface area contributed by atoms with Crippen molar-refractivity contribution in [2.24, 2.45) is 0 Å². The van der Waals surface area contributed by atoms with Gasteiger partial charge in [-0.05, 0) is 43.5 Å². The Morgan fingerprint density at radius 1 is 1.07 bits per heavy atom. The van der Waals surface area contributed by atoms with E-state index in [0.717, 1.165) is 28.9 Å². The molecule has 6 nitrogen and oxygen atoms in total. The highest BCUT2D eigenvalue weighted by Crippen LogP contribution is 2.24. The normalized spacial score (nSPS) is 14.8. The number of carbonyl (C=O) groups is 2. The van der Waals surface area contributed by atoms with Crippen LogP contribution in [0.5, 0.6) is 5.75 Å². The average molecular weight is 369 g/mol. The highest BCUT2D eigenvalue weighted by Gasteiger charge is 2.23. The Morgan fingerprint density at radius 3 is 2.48 bits per heavy atom. The highest BCUT2D eigenvalue weighted by molar-refractivity contribution is 5.94. The highest BCUT2D eigenvalue weighted by atomic mass is 16.5. The van der Waals surface area contributed by atoms with Gasteiger partial charge in [-0.15, -0.1) is 0 Å². The van der Waals surface area contributed by atoms with Gasteiger partial charge in [0.1, 0.15) is 5.75 Å². The minimum absolute atomic E-state index is 0.0152. The summed E-state index contributed by atoms with van der Waals surface area (Å²) in [5.74, 6) is 0.847. The molecule has 144 valence electrons. The summed E-state index contributed by atoms with van der Waals surface area (Å²) in [6.07, 6.45) is 4.56. The summed E-state index contributed by atoms with van der Waals surface area (Å²) in [6, 6.07) is 5.80. The molecule has 2 heterocycles. The Morgan fingerprint density at radius 2 is 1.78 bits per heavy atom. The number of nitrogens with one attached hydrogen (secondary N) is 1. The topological polar surface area (TPSA) is 65.6 Å². The molecule has 0 aliphatic carbocycles. The fourth-order valence-corrected chi connectivity index (χ4v) is 3.46. The SMILES string of the molecule is COc1cc(C)c(C)cc1CC(=O)N1CCCN(C(=O)c2cc[nH]c2)CC1. The number of methoxy groups -OCH3 is 1. The Bertz CT molecular complexity index is 814. The molecule has 3 rings (SSSR count). The number of amides is 2. The number of ether oxygens (including phenoxy) is 1. The van der Waals surface area contributed by atoms with Crippen LogP contribution >= 0.6 is 0 Å². The monoisotopic (exact) mass is 369 g/mol. The van der Waals surface area contributed by atoms with Crippen molar-refractivity contribution in [1.29, 1.82) is 0 Å². The molecule has 0 bridgehead atoms. The van der Waals surface area contributed by atoms with E-state index < -0.39 is 0 Å². The molecule has 1 aliphatic heterocycles. The molecule has 0 radical (unpaired) electrons. The lowest BCUT2D eigenvalue weighted by Crippen LogP contribution is -2.38. The lowest BCUT2D eigenvalue weighted by atomic mass is 10.0. The van der Waals surface area contributed by atoms with Gasteiger partial charge in [-0.25, -0.2) is 0 Å². The standard InChI is InChI=1S/C21H27N3O3/c1-15-11-18(19(27-3)12-16(15)2)13-20(25)23-7-4-8-24(10-9-23)21(26)17-5-6-22-14-17/h5-6,11-12,14,22H,4,7-10,13H2,1-3H3. The van der Waals surface area contributed by atoms with E-state index in [-0.39, 0.29) is 11.8 Å². The fourth-order valence-electron chi connectivity index (χ4n) is 3.46. The van der Waals surface area contributed by atoms with E-state index in [0.29, 0.717) is 38.2 Å². The van der Waals surface area contributed by atoms with Crippen LogP contribution in [0.1, 0.15) is 33.5 Å². The van der Waals surface area contributed by atoms with Crippen molar-refractivity contribution in [1.82, 2.24) is 14.8 Å². The zero-order valence-electron chi connectivity index (χ0n) is 16.2. The zero-order valence-corrected chi connectivity index (χ0v) is 16.2. The maximum atomic E-state index is 12.9. The number of nitrogens with zero attached hydrogens (tertiary/aromatic N) is 2. The average Bonchev–Trinajstić information content (AvgIpc) is 3.08. The van der Waals surface area contributed by atoms with Crippen molar-refractivity contribution in [3.8, 4) is 5.75 Å². The van der Waals surface area contributed by atoms with Gasteiger partial charge in [0.15, 0.2) is 0 Å². The number of aromatic amines is 1. The van der Waals surface area contributed by atoms with E-state index in [9.17, 15) is 9.59 Å². The van der Waals surface area contributed by atoms with E-state index in [2.05, 4.69) is 4.98 Å². The second-order valence-electron chi connectivity index (χ2n) is 7.05. The molecule has 2 aromatic rings. The molecular formula is C21H27N3O3. The molecule has 0 unspecified atom stereocenters. The van der Waals surface area contributed by atoms with Gasteiger partial charge in [-0.2, -0.15) is 0 Å². The largest absolute Gasteiger partial charge is 0.496 e. The fraction of sp³-hybridized carbons (Fsp3) is 0.429. The van der Waals surface area contributed by atoms with E-state index >= 15 is 0 Å². The van der Waals surface area contributed by atoms with Gasteiger partial charge >= 0.3 is 0 Å². The van der Waals surface area contributed by atoms with Crippen LogP contribution in [0.3, 0.4) is 0 Å². The number of benzene rings is 1. The van der Waals surface area contributed by atoms with Gasteiger partial charge in [0.2, 0.25) is 5.91 Å². The maximum absolute atomic E-state index is 12.9. The molecule has 27 heavy (non-hydrogen) atoms. The number of H-pyrrole nitrogens is 1. The molecule has 2 amide bonds. The first-order valence-corrected chi connectivity index (χ1v) is 9.33. The molecule has 0 spiro atoms. The third-order valence-electron chi connectivity index (χ3n) is 5.22. The van der Waals surface area contributed by atoms with E-state index in [4.69, 9.17) is 4.74 Å². The lowest BCUT2D eigenvalue weighted by Gasteiger charge is -2.22. The van der Waals surface area contributed by atoms with Crippen LogP contribution < -0.4 is 4.74 Å². The summed E-state index contributed by atoms with van der Waals surface area (Å²) in [6.45, 7) is 6.53. The van der Waals surface area contributed by atoms with Crippen LogP contribution in [0.25, 0.3) is 0 Å². The summed E-state index contributed by atoms with van der Waals surface area (Å²) in [4.78, 5) is 32.0. The first-order chi connectivity index (χ1) is 13.0. The van der Waals surface area contributed by atoms with Gasteiger partial charge in [0, 0.05) is 44.1 Å². The molecule has 6 heteroatoms. The third kappa shape index (κ3) is 4.32. The Labute approximate surface area is 160 Å². The molecule has 1 N–H and O–H groups in total. The first kappa shape index (κ1) is 19.0. The third-order valence-corrected chi connectivity index (χ3v) is 5.22. The Kier molecular flexibility index (Phi) is 5.84. The Balaban J connectivity index is 1.65. The van der Waals surface area contributed by atoms with Gasteiger partial charge in [0.05, 0.1) is 19.1 Å². The predicted molar refractivity (Wildman–Crippen MR) is 104 cm³/mol. The lowest BCUT2D eigenvalue weighted by molar-refractivity contribution is -0.130. The molecule has 1 aliphatic rings. The van der Waals surface area contributed by atoms with Crippen LogP contribution in [0.4, 0.5) is 0 Å². The summed E-state index contributed by atoms with van der Waals surface area (Å²) >= 11 is 0. The van der Waals surface area contributed by atoms with Crippen molar-refractivity contribution >= 4 is 11.8 Å². The second-order valence-corrected chi connectivity index (χ2v) is 7.05. The molecular weight excluding hydrogens is 342 g/mol. The summed E-state index contributed by atoms with van der Waals surface area (Å²) in [5, 5.41) is 0. The molecule has 0 atom stereocenters. The van der Waals surface area contributed by atoms with Crippen LogP contribution in [0, 0.1) is 13.8 Å². The number of carbonyl (C=O) groups excluding carboxylic acids is 2. The van der Waals surface area contributed by atoms with Crippen molar-refractivity contribution in [3.05, 3.63) is 52.8 Å². The molecule has 1 saturated heterocycles. The van der Waals surface area contributed by atoms with Crippen molar-refractivity contribution in [2.45, 2.75) is 26.7 Å². The molecule has 0 saturated carbocycles. The van der Waals surface area contributed by atoms with Crippen LogP contribution in [0.15, 0.2) is 30.6 Å². The van der Waals surface area contributed by atoms with E-state index in [1.54, 1.807) is 25.6 Å². The number of hydrogen-bond acceptors (Lipinski definition) is 3. The zero-order chi connectivity index (χ0) is 19.4. The van der Waals surface area contributed by atoms with Gasteiger partial charge in [-0.3, -0.25) is 9.59 Å². The van der Waals surface area contributed by atoms with Crippen LogP contribution in [-0.2, 0) is 11.2 Å². The minimum Gasteiger partial charge on any atom is -0.496 e. The van der Waals surface area contributed by atoms with Crippen LogP contribution in [-0.4, -0.2) is 59.9 Å². The van der Waals surface area contributed by atoms with Crippen molar-refractivity contribution in [3.63, 3.8) is 0 Å². The molecule has 1 aromatic carbocycles. The van der Waals surface area contributed by atoms with E-state index in [1.807, 2.05) is 35.8 Å². The maximum Gasteiger partial charge on any atom is 0.255 e. The Hall–Kier alpha value is -2.76. The molecule has 1 fully saturated rings. The van der Waals surface area contributed by atoms with Gasteiger partial charge in [0.25, 0.3) is 5.91 Å². The minimum atomic E-state index is 0.0152. The van der Waals surface area contributed by atoms with Crippen molar-refractivity contribution in [2.75, 3.05) is 33.3 Å². The number of hydrogen-bond donors (Lipinski definition) is 1. The summed E-state index contributed by atoms with van der Waals surface area (Å²) < 4.78 is 5.46. The first-order valence-electron chi connectivity index (χ1n) is 9.33. The predicted octanol–water partition coefficient (Wildman–Crippen LogP) is 2.56. The van der Waals surface area contributed by atoms with E-state index in [1.165, 1.54) is 0 Å². The quantitative estimate of drug-likeness (QED) is 0.901. The van der Waals surface area contributed by atoms with Crippen molar-refractivity contribution < 1.29 is 14.3 Å². The number of aryl methyl sites for hydroxylation is 2. The van der Waals surface area contributed by atoms with Gasteiger partial charge in [-0.1, -0.05) is 6.07 Å². The second kappa shape index (κ2) is 8.29. The van der Waals surface area contributed by atoms with Crippen LogP contribution in [0.2, 0.25) is 0 Å². The number of rotatable bonds is 4. The summed E-state index contributed by atoms with van der Waals surface area (Å²) in [7, 11) is 1.63. The number of aromatic nitrogens is 1. The molecule has 1 aromatic heterocycles. The smallest absolute Gasteiger partial charge is 0.255 e. The van der Waals surface area contributed by atoms with Gasteiger partial charge < -0.3 is 19.5 Å².